The normalized spacial score (nSPS) is 16.0. The number of pyridine rings is 1. The van der Waals surface area contributed by atoms with Crippen molar-refractivity contribution in [3.05, 3.63) is 70.9 Å². The highest BCUT2D eigenvalue weighted by molar-refractivity contribution is 6.32. The van der Waals surface area contributed by atoms with Crippen molar-refractivity contribution >= 4 is 28.4 Å². The van der Waals surface area contributed by atoms with Crippen molar-refractivity contribution in [2.75, 3.05) is 33.3 Å². The van der Waals surface area contributed by atoms with Gasteiger partial charge in [0.1, 0.15) is 5.75 Å². The maximum absolute atomic E-state index is 13.2. The van der Waals surface area contributed by atoms with Crippen molar-refractivity contribution in [2.24, 2.45) is 0 Å². The van der Waals surface area contributed by atoms with Gasteiger partial charge in [0.25, 0.3) is 5.91 Å². The number of benzene rings is 2. The van der Waals surface area contributed by atoms with Crippen LogP contribution < -0.4 is 4.74 Å². The van der Waals surface area contributed by atoms with Gasteiger partial charge in [-0.05, 0) is 42.8 Å². The summed E-state index contributed by atoms with van der Waals surface area (Å²) in [5.74, 6) is 0.855. The lowest BCUT2D eigenvalue weighted by Gasteiger charge is -2.38. The Morgan fingerprint density at radius 2 is 1.90 bits per heavy atom. The molecule has 1 aliphatic heterocycles. The summed E-state index contributed by atoms with van der Waals surface area (Å²) in [4.78, 5) is 21.9. The zero-order valence-electron chi connectivity index (χ0n) is 16.6. The fraction of sp³-hybridized carbons (Fsp3) is 0.304. The molecule has 1 aromatic heterocycles. The largest absolute Gasteiger partial charge is 0.497 e. The Bertz CT molecular complexity index is 1030. The predicted octanol–water partition coefficient (Wildman–Crippen LogP) is 4.42. The van der Waals surface area contributed by atoms with Gasteiger partial charge in [-0.15, -0.1) is 0 Å². The van der Waals surface area contributed by atoms with E-state index in [1.54, 1.807) is 19.4 Å². The van der Waals surface area contributed by atoms with Crippen LogP contribution in [0.15, 0.2) is 54.7 Å². The Morgan fingerprint density at radius 1 is 1.10 bits per heavy atom. The summed E-state index contributed by atoms with van der Waals surface area (Å²) in [5.41, 5.74) is 2.49. The first-order valence-electron chi connectivity index (χ1n) is 9.78. The number of hydrogen-bond acceptors (Lipinski definition) is 4. The van der Waals surface area contributed by atoms with Crippen LogP contribution in [-0.4, -0.2) is 54.0 Å². The zero-order valence-corrected chi connectivity index (χ0v) is 17.4. The third-order valence-corrected chi connectivity index (χ3v) is 5.84. The zero-order chi connectivity index (χ0) is 20.4. The minimum Gasteiger partial charge on any atom is -0.497 e. The standard InChI is InChI=1S/C23H24ClN3O2/c1-16(17-5-3-7-20(14-17)29-2)26-9-11-27(12-10-26)23(28)21-15-19(24)13-18-6-4-8-25-22(18)21/h3-8,13-16H,9-12H2,1-2H3/t16-/m0/s1. The number of rotatable bonds is 4. The van der Waals surface area contributed by atoms with E-state index in [1.807, 2.05) is 35.2 Å². The molecule has 0 saturated carbocycles. The number of carbonyl (C=O) groups excluding carboxylic acids is 1. The van der Waals surface area contributed by atoms with E-state index in [2.05, 4.69) is 28.9 Å². The monoisotopic (exact) mass is 409 g/mol. The van der Waals surface area contributed by atoms with E-state index < -0.39 is 0 Å². The summed E-state index contributed by atoms with van der Waals surface area (Å²) in [6.07, 6.45) is 1.71. The van der Waals surface area contributed by atoms with Crippen LogP contribution in [0.3, 0.4) is 0 Å². The van der Waals surface area contributed by atoms with Gasteiger partial charge < -0.3 is 9.64 Å². The molecule has 1 amide bonds. The highest BCUT2D eigenvalue weighted by Gasteiger charge is 2.27. The second-order valence-corrected chi connectivity index (χ2v) is 7.75. The van der Waals surface area contributed by atoms with Crippen LogP contribution in [0.2, 0.25) is 5.02 Å². The Morgan fingerprint density at radius 3 is 2.66 bits per heavy atom. The van der Waals surface area contributed by atoms with Gasteiger partial charge in [-0.3, -0.25) is 14.7 Å². The molecule has 0 bridgehead atoms. The van der Waals surface area contributed by atoms with Crippen molar-refractivity contribution in [1.29, 1.82) is 0 Å². The number of halogens is 1. The second kappa shape index (κ2) is 8.39. The average molecular weight is 410 g/mol. The quantitative estimate of drug-likeness (QED) is 0.640. The van der Waals surface area contributed by atoms with E-state index in [-0.39, 0.29) is 11.9 Å². The second-order valence-electron chi connectivity index (χ2n) is 7.31. The lowest BCUT2D eigenvalue weighted by Crippen LogP contribution is -2.49. The topological polar surface area (TPSA) is 45.7 Å². The third-order valence-electron chi connectivity index (χ3n) is 5.63. The van der Waals surface area contributed by atoms with Crippen molar-refractivity contribution in [1.82, 2.24) is 14.8 Å². The number of ether oxygens (including phenoxy) is 1. The Labute approximate surface area is 175 Å². The fourth-order valence-corrected chi connectivity index (χ4v) is 4.14. The summed E-state index contributed by atoms with van der Waals surface area (Å²) in [7, 11) is 1.68. The first-order chi connectivity index (χ1) is 14.1. The van der Waals surface area contributed by atoms with E-state index in [4.69, 9.17) is 16.3 Å². The Balaban J connectivity index is 1.48. The van der Waals surface area contributed by atoms with Crippen LogP contribution in [-0.2, 0) is 0 Å². The number of carbonyl (C=O) groups is 1. The molecule has 0 aliphatic carbocycles. The smallest absolute Gasteiger partial charge is 0.256 e. The average Bonchev–Trinajstić information content (AvgIpc) is 2.77. The lowest BCUT2D eigenvalue weighted by atomic mass is 10.0. The van der Waals surface area contributed by atoms with E-state index >= 15 is 0 Å². The summed E-state index contributed by atoms with van der Waals surface area (Å²) >= 11 is 6.25. The van der Waals surface area contributed by atoms with E-state index in [9.17, 15) is 4.79 Å². The molecule has 6 heteroatoms. The molecule has 0 spiro atoms. The Kier molecular flexibility index (Phi) is 5.69. The van der Waals surface area contributed by atoms with Crippen LogP contribution in [0, 0.1) is 0 Å². The molecule has 1 saturated heterocycles. The Hall–Kier alpha value is -2.63. The number of piperazine rings is 1. The molecule has 2 aromatic carbocycles. The van der Waals surface area contributed by atoms with Gasteiger partial charge in [-0.25, -0.2) is 0 Å². The molecule has 5 nitrogen and oxygen atoms in total. The summed E-state index contributed by atoms with van der Waals surface area (Å²) < 4.78 is 5.35. The highest BCUT2D eigenvalue weighted by atomic mass is 35.5. The molecule has 0 N–H and O–H groups in total. The molecule has 3 aromatic rings. The van der Waals surface area contributed by atoms with Crippen molar-refractivity contribution < 1.29 is 9.53 Å². The molecule has 4 rings (SSSR count). The van der Waals surface area contributed by atoms with Crippen LogP contribution in [0.1, 0.15) is 28.9 Å². The van der Waals surface area contributed by atoms with Gasteiger partial charge in [0.2, 0.25) is 0 Å². The van der Waals surface area contributed by atoms with Crippen molar-refractivity contribution in [2.45, 2.75) is 13.0 Å². The number of nitrogens with zero attached hydrogens (tertiary/aromatic N) is 3. The molecule has 150 valence electrons. The molecule has 1 aliphatic rings. The summed E-state index contributed by atoms with van der Waals surface area (Å²) in [5, 5.41) is 1.44. The molecule has 1 fully saturated rings. The summed E-state index contributed by atoms with van der Waals surface area (Å²) in [6.45, 7) is 5.18. The minimum absolute atomic E-state index is 0.00937. The lowest BCUT2D eigenvalue weighted by molar-refractivity contribution is 0.0583. The maximum Gasteiger partial charge on any atom is 0.256 e. The van der Waals surface area contributed by atoms with Crippen LogP contribution in [0.25, 0.3) is 10.9 Å². The molecular formula is C23H24ClN3O2. The fourth-order valence-electron chi connectivity index (χ4n) is 3.91. The van der Waals surface area contributed by atoms with Crippen LogP contribution in [0.4, 0.5) is 0 Å². The van der Waals surface area contributed by atoms with E-state index in [0.29, 0.717) is 29.2 Å². The van der Waals surface area contributed by atoms with Crippen molar-refractivity contribution in [3.63, 3.8) is 0 Å². The molecular weight excluding hydrogens is 386 g/mol. The minimum atomic E-state index is -0.00937. The first-order valence-corrected chi connectivity index (χ1v) is 10.2. The SMILES string of the molecule is COc1cccc([C@H](C)N2CCN(C(=O)c3cc(Cl)cc4cccnc34)CC2)c1. The van der Waals surface area contributed by atoms with E-state index in [0.717, 1.165) is 24.2 Å². The molecule has 29 heavy (non-hydrogen) atoms. The van der Waals surface area contributed by atoms with Gasteiger partial charge >= 0.3 is 0 Å². The van der Waals surface area contributed by atoms with Crippen LogP contribution >= 0.6 is 11.6 Å². The van der Waals surface area contributed by atoms with Gasteiger partial charge in [0, 0.05) is 48.8 Å². The number of fused-ring (bicyclic) bond motifs is 1. The van der Waals surface area contributed by atoms with Gasteiger partial charge in [-0.2, -0.15) is 0 Å². The van der Waals surface area contributed by atoms with Gasteiger partial charge in [0.15, 0.2) is 0 Å². The van der Waals surface area contributed by atoms with E-state index in [1.165, 1.54) is 5.56 Å². The highest BCUT2D eigenvalue weighted by Crippen LogP contribution is 2.27. The first kappa shape index (κ1) is 19.7. The number of aromatic nitrogens is 1. The van der Waals surface area contributed by atoms with Gasteiger partial charge in [-0.1, -0.05) is 29.8 Å². The van der Waals surface area contributed by atoms with Crippen molar-refractivity contribution in [3.8, 4) is 5.75 Å². The van der Waals surface area contributed by atoms with Crippen LogP contribution in [0.5, 0.6) is 5.75 Å². The maximum atomic E-state index is 13.2. The molecule has 0 radical (unpaired) electrons. The number of amides is 1. The number of hydrogen-bond donors (Lipinski definition) is 0. The molecule has 2 heterocycles. The predicted molar refractivity (Wildman–Crippen MR) is 116 cm³/mol. The molecule has 1 atom stereocenters. The number of methoxy groups -OCH3 is 1. The molecule has 0 unspecified atom stereocenters. The third kappa shape index (κ3) is 4.07. The summed E-state index contributed by atoms with van der Waals surface area (Å²) in [6, 6.07) is 15.8. The van der Waals surface area contributed by atoms with Gasteiger partial charge in [0.05, 0.1) is 18.2 Å².